The van der Waals surface area contributed by atoms with E-state index >= 15 is 0 Å². The normalized spacial score (nSPS) is 25.8. The van der Waals surface area contributed by atoms with E-state index in [1.807, 2.05) is 6.07 Å². The second-order valence-corrected chi connectivity index (χ2v) is 15.7. The van der Waals surface area contributed by atoms with E-state index in [2.05, 4.69) is 82.0 Å². The highest BCUT2D eigenvalue weighted by atomic mass is 35.5. The van der Waals surface area contributed by atoms with Gasteiger partial charge in [0.05, 0.1) is 4.87 Å². The maximum absolute atomic E-state index is 7.36. The zero-order valence-electron chi connectivity index (χ0n) is 17.6. The number of hydrogen-bond acceptors (Lipinski definition) is 1. The quantitative estimate of drug-likeness (QED) is 0.339. The van der Waals surface area contributed by atoms with Crippen molar-refractivity contribution in [3.63, 3.8) is 0 Å². The Morgan fingerprint density at radius 2 is 1.59 bits per heavy atom. The van der Waals surface area contributed by atoms with Crippen LogP contribution in [0.25, 0.3) is 11.6 Å². The lowest BCUT2D eigenvalue weighted by Crippen LogP contribution is -2.39. The summed E-state index contributed by atoms with van der Waals surface area (Å²) in [7, 11) is -1.53. The molecule has 0 aliphatic heterocycles. The summed E-state index contributed by atoms with van der Waals surface area (Å²) in [6.45, 7) is 10.9. The van der Waals surface area contributed by atoms with E-state index in [0.717, 1.165) is 17.2 Å². The van der Waals surface area contributed by atoms with Crippen molar-refractivity contribution in [1.29, 1.82) is 0 Å². The molecule has 2 aliphatic rings. The molecule has 0 spiro atoms. The van der Waals surface area contributed by atoms with Gasteiger partial charge in [-0.25, -0.2) is 0 Å². The Hall–Kier alpha value is -1.11. The van der Waals surface area contributed by atoms with Gasteiger partial charge in [0.1, 0.15) is 9.52 Å². The third-order valence-corrected chi connectivity index (χ3v) is 10.0. The highest BCUT2D eigenvalue weighted by Gasteiger charge is 2.48. The molecule has 0 fully saturated rings. The molecule has 5 heteroatoms. The summed E-state index contributed by atoms with van der Waals surface area (Å²) in [5.41, 5.74) is 5.89. The molecule has 4 rings (SSSR count). The van der Waals surface area contributed by atoms with Gasteiger partial charge in [-0.3, -0.25) is 0 Å². The molecule has 0 aromatic heterocycles. The number of halogens is 2. The van der Waals surface area contributed by atoms with Crippen molar-refractivity contribution in [1.82, 2.24) is 0 Å². The van der Waals surface area contributed by atoms with Crippen molar-refractivity contribution in [2.24, 2.45) is 0 Å². The molecule has 0 N–H and O–H groups in total. The SMILES string of the molecule is CCC1(Cl)C([Si]C2=C(C)c3ccccc3C2(Cl)O[Si](C)(C)C)=Cc2ccccc21. The fourth-order valence-electron chi connectivity index (χ4n) is 4.35. The molecule has 2 unspecified atom stereocenters. The van der Waals surface area contributed by atoms with Gasteiger partial charge in [-0.2, -0.15) is 0 Å². The van der Waals surface area contributed by atoms with Crippen molar-refractivity contribution in [3.05, 3.63) is 81.2 Å². The maximum Gasteiger partial charge on any atom is 0.186 e. The Bertz CT molecular complexity index is 1040. The van der Waals surface area contributed by atoms with Crippen molar-refractivity contribution in [2.45, 2.75) is 49.8 Å². The van der Waals surface area contributed by atoms with Crippen LogP contribution in [-0.2, 0) is 14.4 Å². The molecular weight excluding hydrogens is 431 g/mol. The summed E-state index contributed by atoms with van der Waals surface area (Å²) >= 11 is 14.6. The van der Waals surface area contributed by atoms with Gasteiger partial charge in [-0.15, -0.1) is 11.6 Å². The van der Waals surface area contributed by atoms with E-state index < -0.39 is 18.3 Å². The van der Waals surface area contributed by atoms with Crippen LogP contribution in [0.5, 0.6) is 0 Å². The van der Waals surface area contributed by atoms with E-state index in [0.29, 0.717) is 9.52 Å². The van der Waals surface area contributed by atoms with Crippen LogP contribution < -0.4 is 0 Å². The summed E-state index contributed by atoms with van der Waals surface area (Å²) in [6, 6.07) is 16.8. The standard InChI is InChI=1S/C24H26Cl2OSi2/c1-6-23(25)19-13-9-7-11-17(19)15-21(23)28-22-16(2)18-12-8-10-14-20(18)24(22,26)27-29(3,4)5/h7-15H,6H2,1-5H3. The van der Waals surface area contributed by atoms with Gasteiger partial charge >= 0.3 is 0 Å². The molecule has 2 aromatic carbocycles. The first-order valence-electron chi connectivity index (χ1n) is 10.1. The van der Waals surface area contributed by atoms with Gasteiger partial charge < -0.3 is 4.43 Å². The minimum absolute atomic E-state index is 0.382. The second-order valence-electron chi connectivity index (χ2n) is 8.78. The fraction of sp³-hybridized carbons (Fsp3) is 0.333. The number of benzene rings is 2. The lowest BCUT2D eigenvalue weighted by molar-refractivity contribution is 0.200. The van der Waals surface area contributed by atoms with Crippen molar-refractivity contribution >= 4 is 52.7 Å². The first-order chi connectivity index (χ1) is 13.6. The summed E-state index contributed by atoms with van der Waals surface area (Å²) < 4.78 is 6.67. The lowest BCUT2D eigenvalue weighted by atomic mass is 9.97. The van der Waals surface area contributed by atoms with Gasteiger partial charge in [0, 0.05) is 5.56 Å². The van der Waals surface area contributed by atoms with Gasteiger partial charge in [-0.1, -0.05) is 78.3 Å². The first kappa shape index (κ1) is 21.1. The second kappa shape index (κ2) is 7.24. The Kier molecular flexibility index (Phi) is 5.28. The van der Waals surface area contributed by atoms with Gasteiger partial charge in [0.2, 0.25) is 0 Å². The number of fused-ring (bicyclic) bond motifs is 2. The summed E-state index contributed by atoms with van der Waals surface area (Å²) in [5, 5.41) is 1.47. The topological polar surface area (TPSA) is 9.23 Å². The Morgan fingerprint density at radius 3 is 2.24 bits per heavy atom. The molecular formula is C24H26Cl2OSi2. The average Bonchev–Trinajstić information content (AvgIpc) is 3.06. The van der Waals surface area contributed by atoms with E-state index in [-0.39, 0.29) is 0 Å². The fourth-order valence-corrected chi connectivity index (χ4v) is 8.70. The molecule has 0 saturated carbocycles. The third-order valence-electron chi connectivity index (χ3n) is 5.68. The smallest absolute Gasteiger partial charge is 0.186 e. The minimum atomic E-state index is -1.91. The number of rotatable bonds is 5. The molecule has 0 bridgehead atoms. The first-order valence-corrected chi connectivity index (χ1v) is 15.2. The molecule has 2 aromatic rings. The molecule has 2 radical (unpaired) electrons. The highest BCUT2D eigenvalue weighted by molar-refractivity contribution is 6.71. The van der Waals surface area contributed by atoms with Crippen LogP contribution in [0.1, 0.15) is 42.5 Å². The third kappa shape index (κ3) is 3.41. The van der Waals surface area contributed by atoms with Crippen LogP contribution in [0.15, 0.2) is 58.9 Å². The van der Waals surface area contributed by atoms with Crippen LogP contribution in [0.2, 0.25) is 19.6 Å². The predicted octanol–water partition coefficient (Wildman–Crippen LogP) is 7.28. The van der Waals surface area contributed by atoms with E-state index in [1.165, 1.54) is 27.5 Å². The zero-order valence-corrected chi connectivity index (χ0v) is 21.1. The van der Waals surface area contributed by atoms with Crippen molar-refractivity contribution in [2.75, 3.05) is 0 Å². The summed E-state index contributed by atoms with van der Waals surface area (Å²) in [4.78, 5) is -0.478. The summed E-state index contributed by atoms with van der Waals surface area (Å²) in [5.74, 6) is 0. The van der Waals surface area contributed by atoms with Crippen LogP contribution in [0.3, 0.4) is 0 Å². The van der Waals surface area contributed by atoms with Crippen LogP contribution in [0.4, 0.5) is 0 Å². The van der Waals surface area contributed by atoms with Gasteiger partial charge in [-0.05, 0) is 60.4 Å². The molecule has 1 nitrogen and oxygen atoms in total. The van der Waals surface area contributed by atoms with Crippen LogP contribution >= 0.6 is 23.2 Å². The number of hydrogen-bond donors (Lipinski definition) is 0. The molecule has 2 atom stereocenters. The number of allylic oxidation sites excluding steroid dienone is 2. The lowest BCUT2D eigenvalue weighted by Gasteiger charge is -2.35. The van der Waals surface area contributed by atoms with Gasteiger partial charge in [0.25, 0.3) is 0 Å². The van der Waals surface area contributed by atoms with Crippen LogP contribution in [0, 0.1) is 0 Å². The van der Waals surface area contributed by atoms with Crippen molar-refractivity contribution < 1.29 is 4.43 Å². The molecule has 2 aliphatic carbocycles. The summed E-state index contributed by atoms with van der Waals surface area (Å²) in [6.07, 6.45) is 3.10. The monoisotopic (exact) mass is 456 g/mol. The highest BCUT2D eigenvalue weighted by Crippen LogP contribution is 2.54. The largest absolute Gasteiger partial charge is 0.393 e. The minimum Gasteiger partial charge on any atom is -0.393 e. The van der Waals surface area contributed by atoms with E-state index in [1.54, 1.807) is 0 Å². The Labute approximate surface area is 187 Å². The maximum atomic E-state index is 7.36. The van der Waals surface area contributed by atoms with Crippen LogP contribution in [-0.4, -0.2) is 17.8 Å². The van der Waals surface area contributed by atoms with Gasteiger partial charge in [0.15, 0.2) is 13.4 Å². The Morgan fingerprint density at radius 1 is 0.966 bits per heavy atom. The number of alkyl halides is 2. The van der Waals surface area contributed by atoms with E-state index in [4.69, 9.17) is 27.6 Å². The average molecular weight is 458 g/mol. The zero-order chi connectivity index (χ0) is 21.0. The predicted molar refractivity (Wildman–Crippen MR) is 129 cm³/mol. The Balaban J connectivity index is 1.81. The molecule has 0 heterocycles. The molecule has 29 heavy (non-hydrogen) atoms. The molecule has 0 saturated heterocycles. The van der Waals surface area contributed by atoms with E-state index in [9.17, 15) is 0 Å². The molecule has 150 valence electrons. The molecule has 0 amide bonds. The van der Waals surface area contributed by atoms with Crippen molar-refractivity contribution in [3.8, 4) is 0 Å².